The molecular weight excluding hydrogens is 368 g/mol. The molecule has 0 unspecified atom stereocenters. The highest BCUT2D eigenvalue weighted by Crippen LogP contribution is 2.27. The molecule has 4 nitrogen and oxygen atoms in total. The third kappa shape index (κ3) is 5.26. The van der Waals surface area contributed by atoms with Crippen LogP contribution in [0.4, 0.5) is 22.7 Å². The Kier molecular flexibility index (Phi) is 7.61. The summed E-state index contributed by atoms with van der Waals surface area (Å²) in [7, 11) is 0. The Bertz CT molecular complexity index is 920. The predicted octanol–water partition coefficient (Wildman–Crippen LogP) is 7.46. The van der Waals surface area contributed by atoms with E-state index in [-0.39, 0.29) is 0 Å². The molecule has 3 aromatic carbocycles. The van der Waals surface area contributed by atoms with Gasteiger partial charge in [-0.1, -0.05) is 24.3 Å². The van der Waals surface area contributed by atoms with Crippen LogP contribution in [0, 0.1) is 0 Å². The van der Waals surface area contributed by atoms with Crippen molar-refractivity contribution in [1.82, 2.24) is 0 Å². The Balaban J connectivity index is 1.67. The minimum absolute atomic E-state index is 0.853. The molecule has 0 spiro atoms. The Morgan fingerprint density at radius 3 is 1.13 bits per heavy atom. The van der Waals surface area contributed by atoms with Crippen LogP contribution in [0.15, 0.2) is 83.0 Å². The van der Waals surface area contributed by atoms with Gasteiger partial charge in [-0.2, -0.15) is 10.2 Å². The van der Waals surface area contributed by atoms with Gasteiger partial charge in [-0.25, -0.2) is 0 Å². The van der Waals surface area contributed by atoms with Gasteiger partial charge >= 0.3 is 0 Å². The van der Waals surface area contributed by atoms with E-state index < -0.39 is 0 Å². The first-order valence-corrected chi connectivity index (χ1v) is 10.9. The van der Waals surface area contributed by atoms with Crippen molar-refractivity contribution in [1.29, 1.82) is 0 Å². The molecule has 4 heteroatoms. The Morgan fingerprint density at radius 2 is 0.767 bits per heavy atom. The fourth-order valence-electron chi connectivity index (χ4n) is 3.61. The molecule has 0 aromatic heterocycles. The van der Waals surface area contributed by atoms with Crippen molar-refractivity contribution < 1.29 is 0 Å². The Hall–Kier alpha value is -3.14. The number of hydrogen-bond donors (Lipinski definition) is 0. The van der Waals surface area contributed by atoms with E-state index in [1.165, 1.54) is 22.5 Å². The molecule has 0 atom stereocenters. The molecule has 0 saturated carbocycles. The molecule has 0 bridgehead atoms. The fraction of sp³-hybridized carbons (Fsp3) is 0.308. The first-order chi connectivity index (χ1) is 14.7. The van der Waals surface area contributed by atoms with Crippen LogP contribution in [0.25, 0.3) is 11.1 Å². The summed E-state index contributed by atoms with van der Waals surface area (Å²) in [5.41, 5.74) is 6.59. The van der Waals surface area contributed by atoms with Gasteiger partial charge in [0.05, 0.1) is 11.4 Å². The van der Waals surface area contributed by atoms with Crippen LogP contribution in [0.1, 0.15) is 27.7 Å². The van der Waals surface area contributed by atoms with E-state index in [4.69, 9.17) is 0 Å². The topological polar surface area (TPSA) is 31.2 Å². The molecule has 3 aromatic rings. The first kappa shape index (κ1) is 21.6. The van der Waals surface area contributed by atoms with E-state index in [0.717, 1.165) is 37.6 Å². The molecule has 0 saturated heterocycles. The van der Waals surface area contributed by atoms with Crippen molar-refractivity contribution in [2.24, 2.45) is 10.2 Å². The second-order valence-corrected chi connectivity index (χ2v) is 7.15. The number of rotatable bonds is 9. The summed E-state index contributed by atoms with van der Waals surface area (Å²) in [4.78, 5) is 4.66. The van der Waals surface area contributed by atoms with Crippen molar-refractivity contribution in [3.8, 4) is 11.1 Å². The zero-order chi connectivity index (χ0) is 21.3. The lowest BCUT2D eigenvalue weighted by atomic mass is 10.0. The quantitative estimate of drug-likeness (QED) is 0.349. The van der Waals surface area contributed by atoms with E-state index >= 15 is 0 Å². The lowest BCUT2D eigenvalue weighted by Gasteiger charge is -2.21. The highest BCUT2D eigenvalue weighted by Gasteiger charge is 2.04. The molecule has 0 aliphatic heterocycles. The van der Waals surface area contributed by atoms with Crippen LogP contribution in [0.5, 0.6) is 0 Å². The van der Waals surface area contributed by atoms with Gasteiger partial charge in [0.15, 0.2) is 0 Å². The van der Waals surface area contributed by atoms with Gasteiger partial charge < -0.3 is 9.80 Å². The number of anilines is 2. The Morgan fingerprint density at radius 1 is 0.467 bits per heavy atom. The van der Waals surface area contributed by atoms with Crippen molar-refractivity contribution in [2.45, 2.75) is 27.7 Å². The second kappa shape index (κ2) is 10.6. The van der Waals surface area contributed by atoms with Crippen LogP contribution in [0.3, 0.4) is 0 Å². The fourth-order valence-corrected chi connectivity index (χ4v) is 3.61. The summed E-state index contributed by atoms with van der Waals surface area (Å²) in [6.07, 6.45) is 0. The van der Waals surface area contributed by atoms with Crippen molar-refractivity contribution in [3.63, 3.8) is 0 Å². The molecule has 0 heterocycles. The SMILES string of the molecule is CCN(CC)c1ccc(N=Nc2ccc(-c3ccc(N(CC)CC)cc3)cc2)cc1. The summed E-state index contributed by atoms with van der Waals surface area (Å²) in [6.45, 7) is 12.7. The second-order valence-electron chi connectivity index (χ2n) is 7.15. The largest absolute Gasteiger partial charge is 0.372 e. The molecule has 3 rings (SSSR count). The monoisotopic (exact) mass is 400 g/mol. The molecule has 156 valence electrons. The molecule has 0 radical (unpaired) electrons. The van der Waals surface area contributed by atoms with Crippen LogP contribution in [0.2, 0.25) is 0 Å². The molecule has 0 N–H and O–H groups in total. The van der Waals surface area contributed by atoms with Gasteiger partial charge in [0, 0.05) is 37.6 Å². The van der Waals surface area contributed by atoms with Crippen molar-refractivity contribution in [2.75, 3.05) is 36.0 Å². The van der Waals surface area contributed by atoms with Crippen LogP contribution in [-0.4, -0.2) is 26.2 Å². The first-order valence-electron chi connectivity index (χ1n) is 10.9. The van der Waals surface area contributed by atoms with E-state index in [2.05, 4.69) is 96.3 Å². The van der Waals surface area contributed by atoms with Crippen molar-refractivity contribution >= 4 is 22.7 Å². The Labute approximate surface area is 180 Å². The molecule has 0 amide bonds. The zero-order valence-corrected chi connectivity index (χ0v) is 18.5. The van der Waals surface area contributed by atoms with Gasteiger partial charge in [0.1, 0.15) is 0 Å². The number of hydrogen-bond acceptors (Lipinski definition) is 4. The number of azo groups is 1. The van der Waals surface area contributed by atoms with Gasteiger partial charge in [0.2, 0.25) is 0 Å². The summed E-state index contributed by atoms with van der Waals surface area (Å²) < 4.78 is 0. The lowest BCUT2D eigenvalue weighted by Crippen LogP contribution is -2.21. The average Bonchev–Trinajstić information content (AvgIpc) is 2.81. The van der Waals surface area contributed by atoms with Gasteiger partial charge in [0.25, 0.3) is 0 Å². The van der Waals surface area contributed by atoms with E-state index in [1.807, 2.05) is 24.3 Å². The molecular formula is C26H32N4. The minimum atomic E-state index is 0.853. The maximum atomic E-state index is 4.39. The van der Waals surface area contributed by atoms with Gasteiger partial charge in [-0.15, -0.1) is 0 Å². The summed E-state index contributed by atoms with van der Waals surface area (Å²) >= 11 is 0. The highest BCUT2D eigenvalue weighted by molar-refractivity contribution is 5.68. The molecule has 0 aliphatic carbocycles. The number of benzene rings is 3. The average molecular weight is 401 g/mol. The van der Waals surface area contributed by atoms with Crippen molar-refractivity contribution in [3.05, 3.63) is 72.8 Å². The third-order valence-corrected chi connectivity index (χ3v) is 5.46. The summed E-state index contributed by atoms with van der Waals surface area (Å²) in [5, 5.41) is 8.77. The smallest absolute Gasteiger partial charge is 0.0858 e. The van der Waals surface area contributed by atoms with Gasteiger partial charge in [-0.05, 0) is 87.4 Å². The number of nitrogens with zero attached hydrogens (tertiary/aromatic N) is 4. The van der Waals surface area contributed by atoms with Gasteiger partial charge in [-0.3, -0.25) is 0 Å². The normalized spacial score (nSPS) is 11.1. The van der Waals surface area contributed by atoms with Crippen LogP contribution in [-0.2, 0) is 0 Å². The van der Waals surface area contributed by atoms with Crippen LogP contribution >= 0.6 is 0 Å². The standard InChI is InChI=1S/C26H32N4/c1-5-29(6-2)25-17-11-22(12-18-25)21-9-13-23(14-10-21)27-28-24-15-19-26(20-16-24)30(7-3)8-4/h9-20H,5-8H2,1-4H3. The van der Waals surface area contributed by atoms with E-state index in [9.17, 15) is 0 Å². The summed E-state index contributed by atoms with van der Waals surface area (Å²) in [6, 6.07) is 25.2. The molecule has 30 heavy (non-hydrogen) atoms. The maximum absolute atomic E-state index is 4.39. The maximum Gasteiger partial charge on any atom is 0.0858 e. The highest BCUT2D eigenvalue weighted by atomic mass is 15.1. The van der Waals surface area contributed by atoms with Crippen LogP contribution < -0.4 is 9.80 Å². The zero-order valence-electron chi connectivity index (χ0n) is 18.5. The molecule has 0 aliphatic rings. The predicted molar refractivity (Wildman–Crippen MR) is 130 cm³/mol. The summed E-state index contributed by atoms with van der Waals surface area (Å²) in [5.74, 6) is 0. The third-order valence-electron chi connectivity index (χ3n) is 5.46. The van der Waals surface area contributed by atoms with E-state index in [1.54, 1.807) is 0 Å². The minimum Gasteiger partial charge on any atom is -0.372 e. The van der Waals surface area contributed by atoms with E-state index in [0.29, 0.717) is 0 Å². The molecule has 0 fully saturated rings. The lowest BCUT2D eigenvalue weighted by molar-refractivity contribution is 0.866.